The van der Waals surface area contributed by atoms with Crippen LogP contribution in [0.4, 0.5) is 15.8 Å². The van der Waals surface area contributed by atoms with E-state index in [1.54, 1.807) is 25.2 Å². The fraction of sp³-hybridized carbons (Fsp3) is 0.235. The number of halogens is 1. The van der Waals surface area contributed by atoms with Crippen molar-refractivity contribution in [1.29, 1.82) is 0 Å². The van der Waals surface area contributed by atoms with E-state index in [4.69, 9.17) is 0 Å². The van der Waals surface area contributed by atoms with Crippen LogP contribution in [-0.4, -0.2) is 19.5 Å². The van der Waals surface area contributed by atoms with Gasteiger partial charge in [0, 0.05) is 24.8 Å². The van der Waals surface area contributed by atoms with Crippen molar-refractivity contribution in [3.8, 4) is 0 Å². The van der Waals surface area contributed by atoms with Crippen molar-refractivity contribution in [2.45, 2.75) is 12.8 Å². The predicted molar refractivity (Wildman–Crippen MR) is 82.4 cm³/mol. The molecule has 0 atom stereocenters. The summed E-state index contributed by atoms with van der Waals surface area (Å²) in [5.41, 5.74) is 2.97. The molecule has 0 bridgehead atoms. The molecule has 1 aliphatic heterocycles. The van der Waals surface area contributed by atoms with Gasteiger partial charge in [-0.3, -0.25) is 4.79 Å². The Morgan fingerprint density at radius 3 is 2.81 bits per heavy atom. The van der Waals surface area contributed by atoms with Crippen molar-refractivity contribution in [3.05, 3.63) is 59.4 Å². The summed E-state index contributed by atoms with van der Waals surface area (Å²) in [5, 5.41) is 3.30. The molecule has 0 saturated carbocycles. The van der Waals surface area contributed by atoms with Gasteiger partial charge in [0.25, 0.3) is 5.91 Å². The van der Waals surface area contributed by atoms with E-state index in [1.165, 1.54) is 11.0 Å². The Morgan fingerprint density at radius 2 is 2.00 bits per heavy atom. The normalized spacial score (nSPS) is 13.2. The van der Waals surface area contributed by atoms with E-state index in [0.29, 0.717) is 11.3 Å². The molecule has 0 fully saturated rings. The van der Waals surface area contributed by atoms with Crippen LogP contribution in [0.3, 0.4) is 0 Å². The van der Waals surface area contributed by atoms with Gasteiger partial charge in [-0.1, -0.05) is 18.2 Å². The second-order valence-electron chi connectivity index (χ2n) is 5.18. The number of rotatable bonds is 2. The summed E-state index contributed by atoms with van der Waals surface area (Å²) >= 11 is 0. The van der Waals surface area contributed by atoms with Gasteiger partial charge < -0.3 is 10.2 Å². The molecule has 2 aromatic carbocycles. The van der Waals surface area contributed by atoms with Gasteiger partial charge in [0.2, 0.25) is 0 Å². The first-order chi connectivity index (χ1) is 10.2. The molecule has 3 nitrogen and oxygen atoms in total. The zero-order valence-electron chi connectivity index (χ0n) is 11.9. The Bertz CT molecular complexity index is 684. The van der Waals surface area contributed by atoms with E-state index in [9.17, 15) is 9.18 Å². The number of anilines is 2. The number of hydrogen-bond acceptors (Lipinski definition) is 2. The first-order valence-corrected chi connectivity index (χ1v) is 7.07. The molecule has 108 valence electrons. The second-order valence-corrected chi connectivity index (χ2v) is 5.18. The molecule has 2 aromatic rings. The van der Waals surface area contributed by atoms with Crippen molar-refractivity contribution in [1.82, 2.24) is 0 Å². The maximum absolute atomic E-state index is 13.8. The van der Waals surface area contributed by atoms with Crippen LogP contribution in [0.2, 0.25) is 0 Å². The molecular formula is C17H17FN2O. The Morgan fingerprint density at radius 1 is 1.19 bits per heavy atom. The van der Waals surface area contributed by atoms with E-state index < -0.39 is 5.82 Å². The quantitative estimate of drug-likeness (QED) is 0.916. The molecule has 0 spiro atoms. The minimum Gasteiger partial charge on any atom is -0.385 e. The summed E-state index contributed by atoms with van der Waals surface area (Å²) in [4.78, 5) is 14.1. The first-order valence-electron chi connectivity index (χ1n) is 7.07. The average Bonchev–Trinajstić information content (AvgIpc) is 2.53. The molecule has 1 aliphatic rings. The number of carbonyl (C=O) groups is 1. The highest BCUT2D eigenvalue weighted by molar-refractivity contribution is 6.07. The number of nitrogens with one attached hydrogen (secondary N) is 1. The third-order valence-electron chi connectivity index (χ3n) is 3.84. The Balaban J connectivity index is 1.98. The van der Waals surface area contributed by atoms with Crippen molar-refractivity contribution < 1.29 is 9.18 Å². The number of hydrogen-bond donors (Lipinski definition) is 1. The van der Waals surface area contributed by atoms with Crippen molar-refractivity contribution in [2.75, 3.05) is 23.8 Å². The van der Waals surface area contributed by atoms with E-state index in [2.05, 4.69) is 5.32 Å². The molecule has 3 rings (SSSR count). The minimum absolute atomic E-state index is 0.180. The molecule has 1 heterocycles. The van der Waals surface area contributed by atoms with Gasteiger partial charge in [-0.25, -0.2) is 4.39 Å². The van der Waals surface area contributed by atoms with Crippen LogP contribution in [-0.2, 0) is 6.42 Å². The highest BCUT2D eigenvalue weighted by atomic mass is 19.1. The van der Waals surface area contributed by atoms with Gasteiger partial charge in [0.05, 0.1) is 5.69 Å². The van der Waals surface area contributed by atoms with Crippen LogP contribution in [0.15, 0.2) is 42.5 Å². The number of benzene rings is 2. The van der Waals surface area contributed by atoms with Gasteiger partial charge in [0.15, 0.2) is 0 Å². The van der Waals surface area contributed by atoms with Gasteiger partial charge >= 0.3 is 0 Å². The zero-order chi connectivity index (χ0) is 14.8. The fourth-order valence-electron chi connectivity index (χ4n) is 2.72. The molecular weight excluding hydrogens is 267 g/mol. The van der Waals surface area contributed by atoms with Gasteiger partial charge in [-0.05, 0) is 42.7 Å². The minimum atomic E-state index is -0.392. The highest BCUT2D eigenvalue weighted by Crippen LogP contribution is 2.27. The predicted octanol–water partition coefficient (Wildman–Crippen LogP) is 3.46. The number of para-hydroxylation sites is 1. The number of nitrogens with zero attached hydrogens (tertiary/aromatic N) is 1. The van der Waals surface area contributed by atoms with E-state index in [1.807, 2.05) is 18.2 Å². The number of amides is 1. The lowest BCUT2D eigenvalue weighted by molar-refractivity contribution is 0.0991. The van der Waals surface area contributed by atoms with Crippen LogP contribution < -0.4 is 10.2 Å². The summed E-state index contributed by atoms with van der Waals surface area (Å²) in [6.45, 7) is 0.924. The summed E-state index contributed by atoms with van der Waals surface area (Å²) < 4.78 is 13.8. The maximum Gasteiger partial charge on any atom is 0.258 e. The zero-order valence-corrected chi connectivity index (χ0v) is 11.9. The molecule has 0 aromatic heterocycles. The molecule has 0 unspecified atom stereocenters. The van der Waals surface area contributed by atoms with Crippen LogP contribution in [0.5, 0.6) is 0 Å². The van der Waals surface area contributed by atoms with Crippen molar-refractivity contribution in [3.63, 3.8) is 0 Å². The average molecular weight is 284 g/mol. The third-order valence-corrected chi connectivity index (χ3v) is 3.84. The molecule has 1 N–H and O–H groups in total. The molecule has 21 heavy (non-hydrogen) atoms. The van der Waals surface area contributed by atoms with Gasteiger partial charge in [-0.15, -0.1) is 0 Å². The first kappa shape index (κ1) is 13.6. The summed E-state index contributed by atoms with van der Waals surface area (Å²) in [7, 11) is 1.61. The van der Waals surface area contributed by atoms with Gasteiger partial charge in [-0.2, -0.15) is 0 Å². The largest absolute Gasteiger partial charge is 0.385 e. The standard InChI is InChI=1S/C17H17FN2O/c1-20(16-10-3-2-8-14(16)18)17(21)13-6-4-9-15-12(13)7-5-11-19-15/h2-4,6,8-10,19H,5,7,11H2,1H3. The van der Waals surface area contributed by atoms with Crippen LogP contribution >= 0.6 is 0 Å². The smallest absolute Gasteiger partial charge is 0.258 e. The Kier molecular flexibility index (Phi) is 3.60. The lowest BCUT2D eigenvalue weighted by Gasteiger charge is -2.24. The summed E-state index contributed by atoms with van der Waals surface area (Å²) in [6.07, 6.45) is 1.87. The van der Waals surface area contributed by atoms with E-state index in [0.717, 1.165) is 30.6 Å². The Hall–Kier alpha value is -2.36. The van der Waals surface area contributed by atoms with Crippen molar-refractivity contribution in [2.24, 2.45) is 0 Å². The topological polar surface area (TPSA) is 32.3 Å². The summed E-state index contributed by atoms with van der Waals surface area (Å²) in [6, 6.07) is 12.0. The second kappa shape index (κ2) is 5.56. The van der Waals surface area contributed by atoms with E-state index in [-0.39, 0.29) is 5.91 Å². The van der Waals surface area contributed by atoms with Crippen LogP contribution in [0.1, 0.15) is 22.3 Å². The molecule has 1 amide bonds. The van der Waals surface area contributed by atoms with Crippen LogP contribution in [0.25, 0.3) is 0 Å². The molecule has 0 radical (unpaired) electrons. The number of fused-ring (bicyclic) bond motifs is 1. The van der Waals surface area contributed by atoms with Gasteiger partial charge in [0.1, 0.15) is 5.82 Å². The lowest BCUT2D eigenvalue weighted by Crippen LogP contribution is -2.29. The fourth-order valence-corrected chi connectivity index (χ4v) is 2.72. The number of carbonyl (C=O) groups excluding carboxylic acids is 1. The molecule has 0 aliphatic carbocycles. The molecule has 0 saturated heterocycles. The lowest BCUT2D eigenvalue weighted by atomic mass is 9.97. The third kappa shape index (κ3) is 2.49. The Labute approximate surface area is 123 Å². The van der Waals surface area contributed by atoms with E-state index >= 15 is 0 Å². The maximum atomic E-state index is 13.8. The SMILES string of the molecule is CN(C(=O)c1cccc2c1CCCN2)c1ccccc1F. The van der Waals surface area contributed by atoms with Crippen molar-refractivity contribution >= 4 is 17.3 Å². The molecule has 4 heteroatoms. The monoisotopic (exact) mass is 284 g/mol. The summed E-state index contributed by atoms with van der Waals surface area (Å²) in [5.74, 6) is -0.572. The van der Waals surface area contributed by atoms with Crippen LogP contribution in [0, 0.1) is 5.82 Å². The highest BCUT2D eigenvalue weighted by Gasteiger charge is 2.22.